The lowest BCUT2D eigenvalue weighted by molar-refractivity contribution is 0.254. The Morgan fingerprint density at radius 3 is 2.23 bits per heavy atom. The Balaban J connectivity index is 3.39. The van der Waals surface area contributed by atoms with E-state index in [4.69, 9.17) is 10.2 Å². The van der Waals surface area contributed by atoms with E-state index in [-0.39, 0.29) is 19.0 Å². The van der Waals surface area contributed by atoms with Crippen LogP contribution in [0.15, 0.2) is 0 Å². The highest BCUT2D eigenvalue weighted by molar-refractivity contribution is 5.42. The molecule has 0 aliphatic rings. The van der Waals surface area contributed by atoms with Gasteiger partial charge in [0.05, 0.1) is 24.6 Å². The predicted molar refractivity (Wildman–Crippen MR) is 47.2 cm³/mol. The highest BCUT2D eigenvalue weighted by atomic mass is 16.3. The van der Waals surface area contributed by atoms with Crippen LogP contribution < -0.4 is 0 Å². The second kappa shape index (κ2) is 3.72. The third-order valence-electron chi connectivity index (χ3n) is 2.11. The molecule has 0 radical (unpaired) electrons. The number of aromatic nitrogens is 1. The number of hydrogen-bond donors (Lipinski definition) is 3. The molecule has 0 aliphatic heterocycles. The lowest BCUT2D eigenvalue weighted by atomic mass is 10.1. The molecule has 1 heterocycles. The molecular formula is C9H13NO3. The van der Waals surface area contributed by atoms with Gasteiger partial charge in [0.1, 0.15) is 5.75 Å². The summed E-state index contributed by atoms with van der Waals surface area (Å²) < 4.78 is 0. The normalized spacial score (nSPS) is 10.5. The number of aliphatic hydroxyl groups is 2. The van der Waals surface area contributed by atoms with Crippen LogP contribution in [-0.2, 0) is 13.2 Å². The van der Waals surface area contributed by atoms with E-state index in [0.29, 0.717) is 22.5 Å². The molecule has 0 bridgehead atoms. The van der Waals surface area contributed by atoms with Gasteiger partial charge in [0.15, 0.2) is 0 Å². The molecule has 0 saturated heterocycles. The largest absolute Gasteiger partial charge is 0.506 e. The molecule has 0 aliphatic carbocycles. The Labute approximate surface area is 76.5 Å². The summed E-state index contributed by atoms with van der Waals surface area (Å²) >= 11 is 0. The highest BCUT2D eigenvalue weighted by Crippen LogP contribution is 2.25. The molecule has 1 rings (SSSR count). The first-order chi connectivity index (χ1) is 6.11. The first-order valence-electron chi connectivity index (χ1n) is 4.01. The van der Waals surface area contributed by atoms with Crippen LogP contribution in [0.4, 0.5) is 0 Å². The average molecular weight is 183 g/mol. The summed E-state index contributed by atoms with van der Waals surface area (Å²) in [6.45, 7) is 2.90. The fourth-order valence-electron chi connectivity index (χ4n) is 1.29. The molecular weight excluding hydrogens is 170 g/mol. The summed E-state index contributed by atoms with van der Waals surface area (Å²) in [5, 5.41) is 27.4. The number of pyridine rings is 1. The van der Waals surface area contributed by atoms with Gasteiger partial charge in [-0.1, -0.05) is 0 Å². The van der Waals surface area contributed by atoms with Crippen molar-refractivity contribution in [3.63, 3.8) is 0 Å². The molecule has 1 aromatic rings. The number of hydrogen-bond acceptors (Lipinski definition) is 4. The van der Waals surface area contributed by atoms with Crippen molar-refractivity contribution in [1.29, 1.82) is 0 Å². The zero-order valence-electron chi connectivity index (χ0n) is 7.70. The average Bonchev–Trinajstić information content (AvgIpc) is 2.13. The summed E-state index contributed by atoms with van der Waals surface area (Å²) in [4.78, 5) is 3.96. The van der Waals surface area contributed by atoms with E-state index in [1.165, 1.54) is 0 Å². The van der Waals surface area contributed by atoms with Gasteiger partial charge in [0.25, 0.3) is 0 Å². The van der Waals surface area contributed by atoms with Crippen LogP contribution in [0.2, 0.25) is 0 Å². The maximum Gasteiger partial charge on any atom is 0.140 e. The van der Waals surface area contributed by atoms with Crippen molar-refractivity contribution in [2.45, 2.75) is 27.1 Å². The van der Waals surface area contributed by atoms with E-state index in [0.717, 1.165) is 0 Å². The summed E-state index contributed by atoms with van der Waals surface area (Å²) in [5.41, 5.74) is 1.98. The summed E-state index contributed by atoms with van der Waals surface area (Å²) in [6.07, 6.45) is 0. The third-order valence-corrected chi connectivity index (χ3v) is 2.11. The number of rotatable bonds is 2. The van der Waals surface area contributed by atoms with E-state index in [1.807, 2.05) is 0 Å². The lowest BCUT2D eigenvalue weighted by Gasteiger charge is -2.11. The van der Waals surface area contributed by atoms with Gasteiger partial charge in [-0.3, -0.25) is 4.98 Å². The molecule has 0 atom stereocenters. The fourth-order valence-corrected chi connectivity index (χ4v) is 1.29. The monoisotopic (exact) mass is 183 g/mol. The van der Waals surface area contributed by atoms with Crippen LogP contribution >= 0.6 is 0 Å². The van der Waals surface area contributed by atoms with Crippen LogP contribution in [0, 0.1) is 13.8 Å². The molecule has 0 unspecified atom stereocenters. The molecule has 4 heteroatoms. The second-order valence-electron chi connectivity index (χ2n) is 2.91. The summed E-state index contributed by atoms with van der Waals surface area (Å²) in [6, 6.07) is 0. The number of aliphatic hydroxyl groups excluding tert-OH is 2. The SMILES string of the molecule is Cc1nc(CO)c(CO)c(C)c1O. The minimum atomic E-state index is -0.224. The lowest BCUT2D eigenvalue weighted by Crippen LogP contribution is -2.03. The minimum absolute atomic E-state index is 0.0845. The zero-order valence-corrected chi connectivity index (χ0v) is 7.70. The first kappa shape index (κ1) is 9.95. The summed E-state index contributed by atoms with van der Waals surface area (Å²) in [7, 11) is 0. The highest BCUT2D eigenvalue weighted by Gasteiger charge is 2.12. The predicted octanol–water partition coefficient (Wildman–Crippen LogP) is 0.389. The van der Waals surface area contributed by atoms with Gasteiger partial charge in [-0.05, 0) is 13.8 Å². The molecule has 0 amide bonds. The second-order valence-corrected chi connectivity index (χ2v) is 2.91. The van der Waals surface area contributed by atoms with Crippen LogP contribution in [0.3, 0.4) is 0 Å². The zero-order chi connectivity index (χ0) is 10.0. The molecule has 0 aromatic carbocycles. The molecule has 72 valence electrons. The topological polar surface area (TPSA) is 73.6 Å². The number of nitrogens with zero attached hydrogens (tertiary/aromatic N) is 1. The van der Waals surface area contributed by atoms with Crippen molar-refractivity contribution < 1.29 is 15.3 Å². The maximum atomic E-state index is 9.48. The molecule has 0 fully saturated rings. The van der Waals surface area contributed by atoms with Crippen molar-refractivity contribution in [2.75, 3.05) is 0 Å². The van der Waals surface area contributed by atoms with Gasteiger partial charge >= 0.3 is 0 Å². The Morgan fingerprint density at radius 2 is 1.77 bits per heavy atom. The van der Waals surface area contributed by atoms with Crippen LogP contribution in [-0.4, -0.2) is 20.3 Å². The molecule has 0 saturated carbocycles. The van der Waals surface area contributed by atoms with Gasteiger partial charge < -0.3 is 15.3 Å². The van der Waals surface area contributed by atoms with Gasteiger partial charge in [-0.15, -0.1) is 0 Å². The quantitative estimate of drug-likeness (QED) is 0.620. The molecule has 1 aromatic heterocycles. The number of aromatic hydroxyl groups is 1. The smallest absolute Gasteiger partial charge is 0.140 e. The number of aryl methyl sites for hydroxylation is 1. The third kappa shape index (κ3) is 1.64. The molecule has 4 nitrogen and oxygen atoms in total. The Morgan fingerprint density at radius 1 is 1.15 bits per heavy atom. The van der Waals surface area contributed by atoms with E-state index in [2.05, 4.69) is 4.98 Å². The molecule has 0 spiro atoms. The van der Waals surface area contributed by atoms with Crippen molar-refractivity contribution in [3.05, 3.63) is 22.5 Å². The van der Waals surface area contributed by atoms with Gasteiger partial charge in [0, 0.05) is 11.1 Å². The van der Waals surface area contributed by atoms with Gasteiger partial charge in [-0.25, -0.2) is 0 Å². The van der Waals surface area contributed by atoms with E-state index in [9.17, 15) is 5.11 Å². The van der Waals surface area contributed by atoms with Crippen molar-refractivity contribution in [1.82, 2.24) is 4.98 Å². The molecule has 13 heavy (non-hydrogen) atoms. The van der Waals surface area contributed by atoms with Gasteiger partial charge in [0.2, 0.25) is 0 Å². The van der Waals surface area contributed by atoms with Crippen molar-refractivity contribution in [3.8, 4) is 5.75 Å². The van der Waals surface area contributed by atoms with Crippen LogP contribution in [0.25, 0.3) is 0 Å². The first-order valence-corrected chi connectivity index (χ1v) is 4.01. The minimum Gasteiger partial charge on any atom is -0.506 e. The fraction of sp³-hybridized carbons (Fsp3) is 0.444. The molecule has 3 N–H and O–H groups in total. The van der Waals surface area contributed by atoms with Gasteiger partial charge in [-0.2, -0.15) is 0 Å². The van der Waals surface area contributed by atoms with E-state index < -0.39 is 0 Å². The Bertz CT molecular complexity index is 323. The Hall–Kier alpha value is -1.13. The summed E-state index contributed by atoms with van der Waals surface area (Å²) in [5.74, 6) is 0.0845. The standard InChI is InChI=1S/C9H13NO3/c1-5-7(3-11)8(4-12)10-6(2)9(5)13/h11-13H,3-4H2,1-2H3. The van der Waals surface area contributed by atoms with Crippen molar-refractivity contribution >= 4 is 0 Å². The van der Waals surface area contributed by atoms with E-state index >= 15 is 0 Å². The van der Waals surface area contributed by atoms with Crippen LogP contribution in [0.1, 0.15) is 22.5 Å². The van der Waals surface area contributed by atoms with Crippen LogP contribution in [0.5, 0.6) is 5.75 Å². The van der Waals surface area contributed by atoms with E-state index in [1.54, 1.807) is 13.8 Å². The Kier molecular flexibility index (Phi) is 2.85. The van der Waals surface area contributed by atoms with Crippen molar-refractivity contribution in [2.24, 2.45) is 0 Å². The maximum absolute atomic E-state index is 9.48.